The third-order valence-corrected chi connectivity index (χ3v) is 4.28. The minimum absolute atomic E-state index is 0.929. The molecule has 2 heterocycles. The molecular weight excluding hydrogens is 244 g/mol. The van der Waals surface area contributed by atoms with E-state index < -0.39 is 0 Å². The lowest BCUT2D eigenvalue weighted by Gasteiger charge is -2.18. The fraction of sp³-hybridized carbons (Fsp3) is 0.308. The van der Waals surface area contributed by atoms with E-state index in [0.29, 0.717) is 0 Å². The Morgan fingerprint density at radius 2 is 1.89 bits per heavy atom. The zero-order valence-corrected chi connectivity index (χ0v) is 11.2. The quantitative estimate of drug-likeness (QED) is 0.724. The molecule has 92 valence electrons. The van der Waals surface area contributed by atoms with Gasteiger partial charge in [-0.1, -0.05) is 18.2 Å². The van der Waals surface area contributed by atoms with Crippen LogP contribution < -0.4 is 4.90 Å². The summed E-state index contributed by atoms with van der Waals surface area (Å²) in [6.07, 6.45) is 0. The summed E-state index contributed by atoms with van der Waals surface area (Å²) >= 11 is 1.74. The van der Waals surface area contributed by atoms with Gasteiger partial charge in [-0.25, -0.2) is 0 Å². The van der Waals surface area contributed by atoms with Crippen LogP contribution in [-0.4, -0.2) is 28.5 Å². The Balaban J connectivity index is 2.34. The first-order chi connectivity index (χ1) is 8.85. The Morgan fingerprint density at radius 3 is 2.67 bits per heavy atom. The van der Waals surface area contributed by atoms with E-state index in [9.17, 15) is 0 Å². The molecule has 0 aliphatic heterocycles. The van der Waals surface area contributed by atoms with Crippen molar-refractivity contribution in [2.45, 2.75) is 13.8 Å². The molecule has 0 aliphatic rings. The zero-order chi connectivity index (χ0) is 12.5. The van der Waals surface area contributed by atoms with Gasteiger partial charge in [0.1, 0.15) is 10.2 Å². The van der Waals surface area contributed by atoms with Gasteiger partial charge in [-0.2, -0.15) is 0 Å². The molecule has 0 saturated carbocycles. The van der Waals surface area contributed by atoms with Crippen molar-refractivity contribution in [3.63, 3.8) is 0 Å². The van der Waals surface area contributed by atoms with E-state index in [4.69, 9.17) is 0 Å². The van der Waals surface area contributed by atoms with Gasteiger partial charge in [0.25, 0.3) is 0 Å². The Bertz CT molecular complexity index is 688. The largest absolute Gasteiger partial charge is 0.354 e. The lowest BCUT2D eigenvalue weighted by molar-refractivity contribution is 0.806. The fourth-order valence-corrected chi connectivity index (χ4v) is 3.32. The molecule has 0 N–H and O–H groups in total. The highest BCUT2D eigenvalue weighted by Gasteiger charge is 2.15. The molecule has 0 radical (unpaired) electrons. The van der Waals surface area contributed by atoms with Gasteiger partial charge in [-0.05, 0) is 25.1 Å². The van der Waals surface area contributed by atoms with Crippen molar-refractivity contribution >= 4 is 37.5 Å². The summed E-state index contributed by atoms with van der Waals surface area (Å²) in [6, 6.07) is 8.30. The van der Waals surface area contributed by atoms with E-state index in [1.807, 2.05) is 6.07 Å². The summed E-state index contributed by atoms with van der Waals surface area (Å²) in [5, 5.41) is 13.5. The predicted molar refractivity (Wildman–Crippen MR) is 76.3 cm³/mol. The molecule has 0 unspecified atom stereocenters. The van der Waals surface area contributed by atoms with Crippen LogP contribution in [0.3, 0.4) is 0 Å². The van der Waals surface area contributed by atoms with E-state index >= 15 is 0 Å². The predicted octanol–water partition coefficient (Wildman–Crippen LogP) is 3.09. The van der Waals surface area contributed by atoms with Gasteiger partial charge in [-0.15, -0.1) is 21.5 Å². The Morgan fingerprint density at radius 1 is 1.11 bits per heavy atom. The second-order valence-electron chi connectivity index (χ2n) is 4.06. The van der Waals surface area contributed by atoms with E-state index in [2.05, 4.69) is 52.4 Å². The van der Waals surface area contributed by atoms with Crippen LogP contribution in [0.4, 0.5) is 5.82 Å². The van der Waals surface area contributed by atoms with Crippen molar-refractivity contribution in [3.05, 3.63) is 24.3 Å². The Labute approximate surface area is 109 Å². The summed E-state index contributed by atoms with van der Waals surface area (Å²) in [7, 11) is 0. The number of rotatable bonds is 3. The summed E-state index contributed by atoms with van der Waals surface area (Å²) < 4.78 is 2.37. The number of thiophene rings is 1. The third kappa shape index (κ3) is 1.62. The molecule has 0 bridgehead atoms. The normalized spacial score (nSPS) is 11.2. The van der Waals surface area contributed by atoms with Gasteiger partial charge in [0.2, 0.25) is 0 Å². The molecular formula is C13H14N4S. The van der Waals surface area contributed by atoms with Crippen LogP contribution in [0.1, 0.15) is 13.8 Å². The zero-order valence-electron chi connectivity index (χ0n) is 10.4. The molecule has 0 amide bonds. The lowest BCUT2D eigenvalue weighted by atomic mass is 10.2. The molecule has 0 saturated heterocycles. The van der Waals surface area contributed by atoms with Crippen molar-refractivity contribution in [1.82, 2.24) is 15.4 Å². The second-order valence-corrected chi connectivity index (χ2v) is 5.11. The maximum atomic E-state index is 4.22. The molecule has 4 nitrogen and oxygen atoms in total. The molecule has 3 rings (SSSR count). The lowest BCUT2D eigenvalue weighted by Crippen LogP contribution is -2.23. The van der Waals surface area contributed by atoms with E-state index in [1.165, 1.54) is 10.1 Å². The number of hydrogen-bond acceptors (Lipinski definition) is 5. The third-order valence-electron chi connectivity index (χ3n) is 3.12. The van der Waals surface area contributed by atoms with Gasteiger partial charge in [-0.3, -0.25) is 0 Å². The highest BCUT2D eigenvalue weighted by molar-refractivity contribution is 7.26. The molecule has 18 heavy (non-hydrogen) atoms. The van der Waals surface area contributed by atoms with Crippen molar-refractivity contribution in [3.8, 4) is 0 Å². The molecule has 2 aromatic heterocycles. The number of fused-ring (bicyclic) bond motifs is 3. The summed E-state index contributed by atoms with van der Waals surface area (Å²) in [5.41, 5.74) is 0.965. The topological polar surface area (TPSA) is 41.9 Å². The standard InChI is InChI=1S/C13H14N4S/c1-3-17(4-2)13-12-11(14-16-15-13)9-7-5-6-8-10(9)18-12/h5-8H,3-4H2,1-2H3. The number of benzene rings is 1. The van der Waals surface area contributed by atoms with Crippen LogP contribution in [0.15, 0.2) is 24.3 Å². The molecule has 1 aromatic carbocycles. The van der Waals surface area contributed by atoms with Crippen molar-refractivity contribution in [2.24, 2.45) is 0 Å². The fourth-order valence-electron chi connectivity index (χ4n) is 2.17. The van der Waals surface area contributed by atoms with Gasteiger partial charge < -0.3 is 4.90 Å². The number of anilines is 1. The smallest absolute Gasteiger partial charge is 0.172 e. The van der Waals surface area contributed by atoms with Crippen molar-refractivity contribution in [2.75, 3.05) is 18.0 Å². The van der Waals surface area contributed by atoms with Crippen LogP contribution in [-0.2, 0) is 0 Å². The maximum Gasteiger partial charge on any atom is 0.172 e. The van der Waals surface area contributed by atoms with Crippen LogP contribution >= 0.6 is 11.3 Å². The summed E-state index contributed by atoms with van der Waals surface area (Å²) in [6.45, 7) is 6.12. The number of aromatic nitrogens is 3. The van der Waals surface area contributed by atoms with Crippen LogP contribution in [0.25, 0.3) is 20.3 Å². The van der Waals surface area contributed by atoms with Crippen molar-refractivity contribution in [1.29, 1.82) is 0 Å². The minimum atomic E-state index is 0.929. The first-order valence-corrected chi connectivity index (χ1v) is 6.92. The average Bonchev–Trinajstić information content (AvgIpc) is 2.80. The number of hydrogen-bond donors (Lipinski definition) is 0. The Hall–Kier alpha value is -1.75. The molecule has 3 aromatic rings. The minimum Gasteiger partial charge on any atom is -0.354 e. The van der Waals surface area contributed by atoms with Crippen LogP contribution in [0.2, 0.25) is 0 Å². The van der Waals surface area contributed by atoms with E-state index in [0.717, 1.165) is 29.1 Å². The second kappa shape index (κ2) is 4.49. The summed E-state index contributed by atoms with van der Waals surface area (Å²) in [5.74, 6) is 0.950. The van der Waals surface area contributed by atoms with Gasteiger partial charge in [0.05, 0.1) is 0 Å². The molecule has 0 fully saturated rings. The first-order valence-electron chi connectivity index (χ1n) is 6.10. The van der Waals surface area contributed by atoms with Crippen LogP contribution in [0.5, 0.6) is 0 Å². The Kier molecular flexibility index (Phi) is 2.83. The van der Waals surface area contributed by atoms with Crippen molar-refractivity contribution < 1.29 is 0 Å². The van der Waals surface area contributed by atoms with E-state index in [-0.39, 0.29) is 0 Å². The van der Waals surface area contributed by atoms with Gasteiger partial charge in [0.15, 0.2) is 5.82 Å². The summed E-state index contributed by atoms with van der Waals surface area (Å²) in [4.78, 5) is 2.21. The maximum absolute atomic E-state index is 4.22. The first kappa shape index (κ1) is 11.3. The molecule has 0 atom stereocenters. The van der Waals surface area contributed by atoms with Gasteiger partial charge >= 0.3 is 0 Å². The molecule has 5 heteroatoms. The average molecular weight is 258 g/mol. The highest BCUT2D eigenvalue weighted by Crippen LogP contribution is 2.36. The molecule has 0 aliphatic carbocycles. The highest BCUT2D eigenvalue weighted by atomic mass is 32.1. The SMILES string of the molecule is CCN(CC)c1nnnc2c1sc1ccccc12. The van der Waals surface area contributed by atoms with E-state index in [1.54, 1.807) is 11.3 Å². The molecule has 0 spiro atoms. The van der Waals surface area contributed by atoms with Crippen LogP contribution in [0, 0.1) is 0 Å². The number of nitrogens with zero attached hydrogens (tertiary/aromatic N) is 4. The monoisotopic (exact) mass is 258 g/mol. The van der Waals surface area contributed by atoms with Gasteiger partial charge in [0, 0.05) is 23.2 Å².